The van der Waals surface area contributed by atoms with Gasteiger partial charge in [0.1, 0.15) is 11.6 Å². The summed E-state index contributed by atoms with van der Waals surface area (Å²) in [4.78, 5) is 29.5. The molecule has 0 saturated heterocycles. The number of hydrogen-bond donors (Lipinski definition) is 4. The van der Waals surface area contributed by atoms with Crippen LogP contribution >= 0.6 is 22.6 Å². The predicted molar refractivity (Wildman–Crippen MR) is 123 cm³/mol. The molecule has 0 aliphatic carbocycles. The average Bonchev–Trinajstić information content (AvgIpc) is 2.79. The highest BCUT2D eigenvalue weighted by atomic mass is 127. The summed E-state index contributed by atoms with van der Waals surface area (Å²) < 4.78 is 15.2. The van der Waals surface area contributed by atoms with Crippen molar-refractivity contribution in [1.82, 2.24) is 4.98 Å². The first-order valence-electron chi connectivity index (χ1n) is 8.93. The van der Waals surface area contributed by atoms with E-state index < -0.39 is 17.6 Å². The number of alkyl halides is 1. The Kier molecular flexibility index (Phi) is 7.13. The molecule has 0 saturated carbocycles. The number of nitrogens with two attached hydrogens (primary N) is 1. The van der Waals surface area contributed by atoms with Crippen LogP contribution in [0.15, 0.2) is 65.9 Å². The zero-order valence-corrected chi connectivity index (χ0v) is 18.1. The molecule has 0 atom stereocenters. The van der Waals surface area contributed by atoms with Gasteiger partial charge < -0.3 is 21.6 Å². The summed E-state index contributed by atoms with van der Waals surface area (Å²) in [6.45, 7) is 0. The molecule has 0 bridgehead atoms. The summed E-state index contributed by atoms with van der Waals surface area (Å²) in [6.07, 6.45) is 1.66. The highest BCUT2D eigenvalue weighted by molar-refractivity contribution is 14.1. The van der Waals surface area contributed by atoms with Crippen LogP contribution in [0.4, 0.5) is 15.9 Å². The molecule has 1 aromatic heterocycles. The number of amides is 2. The first-order chi connectivity index (χ1) is 14.9. The van der Waals surface area contributed by atoms with Gasteiger partial charge in [-0.05, 0) is 35.9 Å². The number of pyridine rings is 1. The van der Waals surface area contributed by atoms with Crippen LogP contribution in [0, 0.1) is 5.82 Å². The standard InChI is InChI=1S/C21H17FIN5O3/c22-16-9-13(19(24)28-31)6-7-14(16)20(29)26-17-4-2-1-3-15(17)21(30)27-18-8-5-12(10-23)11-25-18/h1-9,11,31H,10H2,(H2,24,28)(H,26,29)(H,25,27,30). The molecule has 3 rings (SSSR count). The molecule has 158 valence electrons. The molecule has 5 N–H and O–H groups in total. The molecule has 10 heteroatoms. The van der Waals surface area contributed by atoms with E-state index in [0.717, 1.165) is 16.1 Å². The third kappa shape index (κ3) is 5.34. The second-order valence-electron chi connectivity index (χ2n) is 6.32. The number of benzene rings is 2. The molecule has 0 aliphatic heterocycles. The van der Waals surface area contributed by atoms with Crippen molar-refractivity contribution in [3.8, 4) is 0 Å². The van der Waals surface area contributed by atoms with Crippen LogP contribution in [0.1, 0.15) is 31.8 Å². The molecule has 1 heterocycles. The number of para-hydroxylation sites is 1. The molecule has 0 spiro atoms. The van der Waals surface area contributed by atoms with Crippen LogP contribution in [0.2, 0.25) is 0 Å². The molecule has 3 aromatic rings. The normalized spacial score (nSPS) is 11.1. The summed E-state index contributed by atoms with van der Waals surface area (Å²) in [5, 5.41) is 16.7. The Hall–Kier alpha value is -3.54. The number of carbonyl (C=O) groups is 2. The smallest absolute Gasteiger partial charge is 0.258 e. The number of halogens is 2. The lowest BCUT2D eigenvalue weighted by Crippen LogP contribution is -2.20. The van der Waals surface area contributed by atoms with Crippen molar-refractivity contribution in [2.45, 2.75) is 4.43 Å². The van der Waals surface area contributed by atoms with Crippen molar-refractivity contribution < 1.29 is 19.2 Å². The Labute approximate surface area is 190 Å². The molecule has 0 fully saturated rings. The highest BCUT2D eigenvalue weighted by Gasteiger charge is 2.18. The molecular formula is C21H17FIN5O3. The minimum atomic E-state index is -0.858. The molecule has 0 unspecified atom stereocenters. The number of amidine groups is 1. The summed E-state index contributed by atoms with van der Waals surface area (Å²) in [5.41, 5.74) is 6.69. The number of hydrogen-bond acceptors (Lipinski definition) is 5. The van der Waals surface area contributed by atoms with Gasteiger partial charge in [-0.1, -0.05) is 52.0 Å². The van der Waals surface area contributed by atoms with Crippen molar-refractivity contribution in [1.29, 1.82) is 0 Å². The number of anilines is 2. The maximum atomic E-state index is 14.4. The first-order valence-corrected chi connectivity index (χ1v) is 10.5. The van der Waals surface area contributed by atoms with Crippen LogP contribution in [-0.4, -0.2) is 27.8 Å². The number of oxime groups is 1. The van der Waals surface area contributed by atoms with Gasteiger partial charge in [0.15, 0.2) is 5.84 Å². The van der Waals surface area contributed by atoms with Crippen LogP contribution in [0.5, 0.6) is 0 Å². The fraction of sp³-hybridized carbons (Fsp3) is 0.0476. The van der Waals surface area contributed by atoms with Gasteiger partial charge in [-0.2, -0.15) is 0 Å². The minimum absolute atomic E-state index is 0.123. The van der Waals surface area contributed by atoms with Crippen molar-refractivity contribution in [2.75, 3.05) is 10.6 Å². The fourth-order valence-corrected chi connectivity index (χ4v) is 3.11. The monoisotopic (exact) mass is 533 g/mol. The van der Waals surface area contributed by atoms with Crippen LogP contribution in [0.3, 0.4) is 0 Å². The molecule has 0 aliphatic rings. The molecule has 8 nitrogen and oxygen atoms in total. The lowest BCUT2D eigenvalue weighted by atomic mass is 10.1. The maximum absolute atomic E-state index is 14.4. The molecule has 2 amide bonds. The van der Waals surface area contributed by atoms with Gasteiger partial charge in [0.25, 0.3) is 11.8 Å². The zero-order chi connectivity index (χ0) is 22.4. The van der Waals surface area contributed by atoms with Gasteiger partial charge in [-0.25, -0.2) is 9.37 Å². The molecule has 0 radical (unpaired) electrons. The van der Waals surface area contributed by atoms with E-state index in [9.17, 15) is 14.0 Å². The summed E-state index contributed by atoms with van der Waals surface area (Å²) in [7, 11) is 0. The van der Waals surface area contributed by atoms with Crippen LogP contribution < -0.4 is 16.4 Å². The lowest BCUT2D eigenvalue weighted by Gasteiger charge is -2.12. The van der Waals surface area contributed by atoms with E-state index in [2.05, 4.69) is 43.4 Å². The van der Waals surface area contributed by atoms with Gasteiger partial charge in [0.2, 0.25) is 0 Å². The number of rotatable bonds is 6. The quantitative estimate of drug-likeness (QED) is 0.0958. The highest BCUT2D eigenvalue weighted by Crippen LogP contribution is 2.19. The van der Waals surface area contributed by atoms with E-state index in [1.165, 1.54) is 24.3 Å². The fourth-order valence-electron chi connectivity index (χ4n) is 2.66. The number of aromatic nitrogens is 1. The Bertz CT molecular complexity index is 1150. The number of nitrogens with zero attached hydrogens (tertiary/aromatic N) is 2. The molecular weight excluding hydrogens is 516 g/mol. The second-order valence-corrected chi connectivity index (χ2v) is 7.08. The van der Waals surface area contributed by atoms with Crippen molar-refractivity contribution in [2.24, 2.45) is 10.9 Å². The van der Waals surface area contributed by atoms with E-state index in [1.54, 1.807) is 24.4 Å². The van der Waals surface area contributed by atoms with Gasteiger partial charge >= 0.3 is 0 Å². The third-order valence-electron chi connectivity index (χ3n) is 4.26. The van der Waals surface area contributed by atoms with E-state index >= 15 is 0 Å². The second kappa shape index (κ2) is 9.98. The van der Waals surface area contributed by atoms with Gasteiger partial charge in [0.05, 0.1) is 16.8 Å². The maximum Gasteiger partial charge on any atom is 0.258 e. The lowest BCUT2D eigenvalue weighted by molar-refractivity contribution is 0.102. The predicted octanol–water partition coefficient (Wildman–Crippen LogP) is 3.75. The van der Waals surface area contributed by atoms with Crippen molar-refractivity contribution in [3.63, 3.8) is 0 Å². The van der Waals surface area contributed by atoms with E-state index in [4.69, 9.17) is 10.9 Å². The van der Waals surface area contributed by atoms with E-state index in [0.29, 0.717) is 5.82 Å². The van der Waals surface area contributed by atoms with Gasteiger partial charge in [0, 0.05) is 16.2 Å². The summed E-state index contributed by atoms with van der Waals surface area (Å²) in [5.74, 6) is -2.01. The number of nitrogens with one attached hydrogen (secondary N) is 2. The van der Waals surface area contributed by atoms with Crippen LogP contribution in [-0.2, 0) is 4.43 Å². The molecule has 31 heavy (non-hydrogen) atoms. The Morgan fingerprint density at radius 1 is 1.06 bits per heavy atom. The van der Waals surface area contributed by atoms with E-state index in [1.807, 2.05) is 6.07 Å². The molecule has 2 aromatic carbocycles. The Balaban J connectivity index is 1.80. The SMILES string of the molecule is N/C(=N/O)c1ccc(C(=O)Nc2ccccc2C(=O)Nc2ccc(CI)cn2)c(F)c1. The minimum Gasteiger partial charge on any atom is -0.409 e. The zero-order valence-electron chi connectivity index (χ0n) is 16.0. The van der Waals surface area contributed by atoms with Crippen molar-refractivity contribution >= 4 is 51.7 Å². The largest absolute Gasteiger partial charge is 0.409 e. The Morgan fingerprint density at radius 2 is 1.81 bits per heavy atom. The van der Waals surface area contributed by atoms with E-state index in [-0.39, 0.29) is 28.2 Å². The Morgan fingerprint density at radius 3 is 2.45 bits per heavy atom. The van der Waals surface area contributed by atoms with Crippen molar-refractivity contribution in [3.05, 3.63) is 88.9 Å². The summed E-state index contributed by atoms with van der Waals surface area (Å²) in [6, 6.07) is 13.4. The summed E-state index contributed by atoms with van der Waals surface area (Å²) >= 11 is 2.21. The third-order valence-corrected chi connectivity index (χ3v) is 5.14. The van der Waals surface area contributed by atoms with Crippen LogP contribution in [0.25, 0.3) is 0 Å². The van der Waals surface area contributed by atoms with Gasteiger partial charge in [-0.15, -0.1) is 0 Å². The topological polar surface area (TPSA) is 130 Å². The van der Waals surface area contributed by atoms with Gasteiger partial charge in [-0.3, -0.25) is 9.59 Å². The first kappa shape index (κ1) is 22.2. The number of carbonyl (C=O) groups excluding carboxylic acids is 2. The average molecular weight is 533 g/mol.